The number of ether oxygens (including phenoxy) is 1. The van der Waals surface area contributed by atoms with Crippen molar-refractivity contribution in [3.63, 3.8) is 0 Å². The first kappa shape index (κ1) is 9.99. The SMILES string of the molecule is O=Cc1ccc(OCC=CBr)cc1. The van der Waals surface area contributed by atoms with Crippen LogP contribution < -0.4 is 4.74 Å². The number of carbonyl (C=O) groups is 1. The minimum absolute atomic E-state index is 0.520. The molecule has 0 aromatic heterocycles. The number of aldehydes is 1. The fourth-order valence-electron chi connectivity index (χ4n) is 0.823. The molecule has 0 aliphatic carbocycles. The molecule has 0 N–H and O–H groups in total. The molecule has 1 aromatic rings. The molecule has 3 heteroatoms. The Morgan fingerprint density at radius 3 is 2.54 bits per heavy atom. The van der Waals surface area contributed by atoms with E-state index < -0.39 is 0 Å². The molecule has 0 aliphatic heterocycles. The van der Waals surface area contributed by atoms with Crippen molar-refractivity contribution in [1.82, 2.24) is 0 Å². The van der Waals surface area contributed by atoms with Crippen molar-refractivity contribution in [3.05, 3.63) is 40.9 Å². The number of rotatable bonds is 4. The maximum absolute atomic E-state index is 10.3. The predicted octanol–water partition coefficient (Wildman–Crippen LogP) is 2.79. The van der Waals surface area contributed by atoms with E-state index >= 15 is 0 Å². The molecular weight excluding hydrogens is 232 g/mol. The second-order valence-electron chi connectivity index (χ2n) is 2.36. The molecule has 68 valence electrons. The molecule has 1 rings (SSSR count). The molecule has 13 heavy (non-hydrogen) atoms. The van der Waals surface area contributed by atoms with E-state index in [9.17, 15) is 4.79 Å². The van der Waals surface area contributed by atoms with Crippen LogP contribution in [0.25, 0.3) is 0 Å². The number of hydrogen-bond acceptors (Lipinski definition) is 2. The van der Waals surface area contributed by atoms with E-state index in [-0.39, 0.29) is 0 Å². The fourth-order valence-corrected chi connectivity index (χ4v) is 0.976. The zero-order chi connectivity index (χ0) is 9.52. The molecule has 0 aliphatic rings. The lowest BCUT2D eigenvalue weighted by atomic mass is 10.2. The molecule has 0 atom stereocenters. The number of benzene rings is 1. The summed E-state index contributed by atoms with van der Waals surface area (Å²) in [6.45, 7) is 0.520. The molecule has 2 nitrogen and oxygen atoms in total. The summed E-state index contributed by atoms with van der Waals surface area (Å²) in [6.07, 6.45) is 2.65. The molecule has 0 bridgehead atoms. The lowest BCUT2D eigenvalue weighted by Gasteiger charge is -2.01. The highest BCUT2D eigenvalue weighted by Gasteiger charge is 1.91. The average molecular weight is 241 g/mol. The van der Waals surface area contributed by atoms with Gasteiger partial charge in [-0.05, 0) is 35.3 Å². The van der Waals surface area contributed by atoms with Crippen molar-refractivity contribution in [2.45, 2.75) is 0 Å². The molecule has 0 spiro atoms. The molecule has 0 unspecified atom stereocenters. The second kappa shape index (κ2) is 5.54. The van der Waals surface area contributed by atoms with E-state index in [1.807, 2.05) is 6.08 Å². The summed E-state index contributed by atoms with van der Waals surface area (Å²) in [5.41, 5.74) is 0.656. The van der Waals surface area contributed by atoms with Gasteiger partial charge in [0.05, 0.1) is 0 Å². The van der Waals surface area contributed by atoms with Crippen molar-refractivity contribution in [2.24, 2.45) is 0 Å². The Bertz CT molecular complexity index is 290. The number of carbonyl (C=O) groups excluding carboxylic acids is 1. The van der Waals surface area contributed by atoms with Crippen LogP contribution in [0.3, 0.4) is 0 Å². The highest BCUT2D eigenvalue weighted by atomic mass is 79.9. The Morgan fingerprint density at radius 2 is 2.00 bits per heavy atom. The summed E-state index contributed by atoms with van der Waals surface area (Å²) in [5, 5.41) is 0. The van der Waals surface area contributed by atoms with Crippen LogP contribution in [-0.2, 0) is 0 Å². The van der Waals surface area contributed by atoms with Gasteiger partial charge in [0.25, 0.3) is 0 Å². The predicted molar refractivity (Wildman–Crippen MR) is 55.4 cm³/mol. The molecule has 0 fully saturated rings. The van der Waals surface area contributed by atoms with E-state index in [4.69, 9.17) is 4.74 Å². The highest BCUT2D eigenvalue weighted by molar-refractivity contribution is 9.11. The van der Waals surface area contributed by atoms with Gasteiger partial charge in [-0.15, -0.1) is 0 Å². The van der Waals surface area contributed by atoms with Crippen LogP contribution in [-0.4, -0.2) is 12.9 Å². The smallest absolute Gasteiger partial charge is 0.150 e. The summed E-state index contributed by atoms with van der Waals surface area (Å²) in [7, 11) is 0. The largest absolute Gasteiger partial charge is 0.490 e. The van der Waals surface area contributed by atoms with E-state index in [2.05, 4.69) is 15.9 Å². The van der Waals surface area contributed by atoms with E-state index in [0.29, 0.717) is 12.2 Å². The third kappa shape index (κ3) is 3.42. The summed E-state index contributed by atoms with van der Waals surface area (Å²) in [6, 6.07) is 6.98. The molecule has 1 aromatic carbocycles. The van der Waals surface area contributed by atoms with Crippen molar-refractivity contribution in [3.8, 4) is 5.75 Å². The Labute approximate surface area is 85.3 Å². The average Bonchev–Trinajstić information content (AvgIpc) is 2.19. The van der Waals surface area contributed by atoms with Gasteiger partial charge in [0.1, 0.15) is 18.6 Å². The monoisotopic (exact) mass is 240 g/mol. The third-order valence-electron chi connectivity index (χ3n) is 1.45. The van der Waals surface area contributed by atoms with Crippen LogP contribution in [0.1, 0.15) is 10.4 Å². The van der Waals surface area contributed by atoms with Crippen LogP contribution in [0.4, 0.5) is 0 Å². The standard InChI is InChI=1S/C10H9BrO2/c11-6-1-7-13-10-4-2-9(8-12)3-5-10/h1-6,8H,7H2. The van der Waals surface area contributed by atoms with Gasteiger partial charge in [0.2, 0.25) is 0 Å². The first-order chi connectivity index (χ1) is 6.36. The maximum atomic E-state index is 10.3. The van der Waals surface area contributed by atoms with E-state index in [1.165, 1.54) is 0 Å². The van der Waals surface area contributed by atoms with Crippen molar-refractivity contribution in [1.29, 1.82) is 0 Å². The lowest BCUT2D eigenvalue weighted by Crippen LogP contribution is -1.92. The Morgan fingerprint density at radius 1 is 1.31 bits per heavy atom. The van der Waals surface area contributed by atoms with E-state index in [0.717, 1.165) is 12.0 Å². The topological polar surface area (TPSA) is 26.3 Å². The first-order valence-electron chi connectivity index (χ1n) is 3.80. The van der Waals surface area contributed by atoms with Gasteiger partial charge >= 0.3 is 0 Å². The molecule has 0 saturated carbocycles. The third-order valence-corrected chi connectivity index (χ3v) is 1.83. The highest BCUT2D eigenvalue weighted by Crippen LogP contribution is 2.10. The van der Waals surface area contributed by atoms with Crippen LogP contribution in [0.2, 0.25) is 0 Å². The Balaban J connectivity index is 2.53. The molecule has 0 amide bonds. The first-order valence-corrected chi connectivity index (χ1v) is 4.71. The molecule has 0 saturated heterocycles. The summed E-state index contributed by atoms with van der Waals surface area (Å²) in [5.74, 6) is 0.760. The van der Waals surface area contributed by atoms with Gasteiger partial charge < -0.3 is 4.74 Å². The van der Waals surface area contributed by atoms with Gasteiger partial charge in [0.15, 0.2) is 0 Å². The quantitative estimate of drug-likeness (QED) is 0.757. The molecule has 0 heterocycles. The normalized spacial score (nSPS) is 10.2. The van der Waals surface area contributed by atoms with Crippen molar-refractivity contribution >= 4 is 22.2 Å². The van der Waals surface area contributed by atoms with Crippen molar-refractivity contribution in [2.75, 3.05) is 6.61 Å². The minimum Gasteiger partial charge on any atom is -0.490 e. The number of halogens is 1. The minimum atomic E-state index is 0.520. The summed E-state index contributed by atoms with van der Waals surface area (Å²) >= 11 is 3.14. The zero-order valence-electron chi connectivity index (χ0n) is 6.94. The van der Waals surface area contributed by atoms with Gasteiger partial charge in [-0.25, -0.2) is 0 Å². The van der Waals surface area contributed by atoms with Gasteiger partial charge in [-0.2, -0.15) is 0 Å². The van der Waals surface area contributed by atoms with Crippen LogP contribution in [0, 0.1) is 0 Å². The van der Waals surface area contributed by atoms with Gasteiger partial charge in [0, 0.05) is 5.56 Å². The molecule has 0 radical (unpaired) electrons. The van der Waals surface area contributed by atoms with E-state index in [1.54, 1.807) is 29.3 Å². The van der Waals surface area contributed by atoms with Gasteiger partial charge in [-0.3, -0.25) is 4.79 Å². The molecular formula is C10H9BrO2. The van der Waals surface area contributed by atoms with Crippen LogP contribution in [0.15, 0.2) is 35.3 Å². The van der Waals surface area contributed by atoms with Crippen molar-refractivity contribution < 1.29 is 9.53 Å². The second-order valence-corrected chi connectivity index (χ2v) is 2.89. The van der Waals surface area contributed by atoms with Crippen LogP contribution in [0.5, 0.6) is 5.75 Å². The Hall–Kier alpha value is -1.09. The lowest BCUT2D eigenvalue weighted by molar-refractivity contribution is 0.112. The zero-order valence-corrected chi connectivity index (χ0v) is 8.53. The summed E-state index contributed by atoms with van der Waals surface area (Å²) < 4.78 is 5.31. The fraction of sp³-hybridized carbons (Fsp3) is 0.100. The van der Waals surface area contributed by atoms with Crippen LogP contribution >= 0.6 is 15.9 Å². The van der Waals surface area contributed by atoms with Gasteiger partial charge in [-0.1, -0.05) is 15.9 Å². The Kier molecular flexibility index (Phi) is 4.26. The number of hydrogen-bond donors (Lipinski definition) is 0. The maximum Gasteiger partial charge on any atom is 0.150 e. The summed E-state index contributed by atoms with van der Waals surface area (Å²) in [4.78, 5) is 12.1.